The van der Waals surface area contributed by atoms with Gasteiger partial charge in [-0.1, -0.05) is 12.1 Å². The molecule has 2 N–H and O–H groups in total. The molecule has 0 aliphatic carbocycles. The molecule has 124 valence electrons. The average molecular weight is 319 g/mol. The molecule has 7 heteroatoms. The van der Waals surface area contributed by atoms with E-state index >= 15 is 0 Å². The zero-order valence-electron chi connectivity index (χ0n) is 13.1. The van der Waals surface area contributed by atoms with Gasteiger partial charge in [-0.25, -0.2) is 0 Å². The van der Waals surface area contributed by atoms with Crippen molar-refractivity contribution in [3.05, 3.63) is 24.3 Å². The standard InChI is InChI=1S/C16H21N3O4/c1-11-6-18(7-12(10-20)23-11)9-16(22)19-8-15(21)17-13-4-2-3-5-14(13)19/h2-5,11-12,20H,6-10H2,1H3,(H,17,21). The smallest absolute Gasteiger partial charge is 0.244 e. The Morgan fingerprint density at radius 3 is 2.96 bits per heavy atom. The fraction of sp³-hybridized carbons (Fsp3) is 0.500. The minimum atomic E-state index is -0.275. The molecule has 0 radical (unpaired) electrons. The molecule has 1 aromatic carbocycles. The number of aliphatic hydroxyl groups excluding tert-OH is 1. The number of ether oxygens (including phenoxy) is 1. The summed E-state index contributed by atoms with van der Waals surface area (Å²) >= 11 is 0. The van der Waals surface area contributed by atoms with Gasteiger partial charge in [0.2, 0.25) is 11.8 Å². The van der Waals surface area contributed by atoms with Crippen LogP contribution in [0.3, 0.4) is 0 Å². The van der Waals surface area contributed by atoms with Gasteiger partial charge >= 0.3 is 0 Å². The largest absolute Gasteiger partial charge is 0.394 e. The van der Waals surface area contributed by atoms with E-state index in [9.17, 15) is 14.7 Å². The topological polar surface area (TPSA) is 82.1 Å². The van der Waals surface area contributed by atoms with Crippen LogP contribution in [0.1, 0.15) is 6.92 Å². The van der Waals surface area contributed by atoms with E-state index in [0.717, 1.165) is 5.69 Å². The van der Waals surface area contributed by atoms with Crippen molar-refractivity contribution in [1.82, 2.24) is 4.90 Å². The van der Waals surface area contributed by atoms with Crippen molar-refractivity contribution in [2.75, 3.05) is 43.0 Å². The van der Waals surface area contributed by atoms with Crippen molar-refractivity contribution in [2.45, 2.75) is 19.1 Å². The fourth-order valence-electron chi connectivity index (χ4n) is 3.10. The van der Waals surface area contributed by atoms with Gasteiger partial charge in [0, 0.05) is 13.1 Å². The van der Waals surface area contributed by atoms with E-state index in [0.29, 0.717) is 18.8 Å². The van der Waals surface area contributed by atoms with E-state index in [4.69, 9.17) is 4.74 Å². The normalized spacial score (nSPS) is 25.0. The van der Waals surface area contributed by atoms with Gasteiger partial charge in [0.25, 0.3) is 0 Å². The van der Waals surface area contributed by atoms with Crippen molar-refractivity contribution >= 4 is 23.2 Å². The van der Waals surface area contributed by atoms with Crippen LogP contribution < -0.4 is 10.2 Å². The molecule has 2 unspecified atom stereocenters. The predicted molar refractivity (Wildman–Crippen MR) is 85.3 cm³/mol. The van der Waals surface area contributed by atoms with E-state index < -0.39 is 0 Å². The van der Waals surface area contributed by atoms with Crippen molar-refractivity contribution in [3.63, 3.8) is 0 Å². The molecule has 2 heterocycles. The average Bonchev–Trinajstić information content (AvgIpc) is 2.53. The van der Waals surface area contributed by atoms with E-state index in [1.54, 1.807) is 6.07 Å². The molecule has 1 aromatic rings. The van der Waals surface area contributed by atoms with Crippen LogP contribution in [0.2, 0.25) is 0 Å². The van der Waals surface area contributed by atoms with Gasteiger partial charge in [-0.05, 0) is 19.1 Å². The summed E-state index contributed by atoms with van der Waals surface area (Å²) < 4.78 is 5.59. The lowest BCUT2D eigenvalue weighted by atomic mass is 10.1. The van der Waals surface area contributed by atoms with Crippen LogP contribution in [0.15, 0.2) is 24.3 Å². The molecule has 0 saturated carbocycles. The Bertz CT molecular complexity index is 607. The second kappa shape index (κ2) is 6.66. The van der Waals surface area contributed by atoms with Crippen LogP contribution in [0.4, 0.5) is 11.4 Å². The third-order valence-electron chi connectivity index (χ3n) is 4.04. The van der Waals surface area contributed by atoms with Gasteiger partial charge in [-0.15, -0.1) is 0 Å². The van der Waals surface area contributed by atoms with Crippen molar-refractivity contribution < 1.29 is 19.4 Å². The number of amides is 2. The molecule has 0 bridgehead atoms. The minimum Gasteiger partial charge on any atom is -0.394 e. The van der Waals surface area contributed by atoms with Crippen LogP contribution in [0.25, 0.3) is 0 Å². The Labute approximate surface area is 134 Å². The van der Waals surface area contributed by atoms with Crippen LogP contribution in [-0.2, 0) is 14.3 Å². The summed E-state index contributed by atoms with van der Waals surface area (Å²) in [4.78, 5) is 28.0. The van der Waals surface area contributed by atoms with Gasteiger partial charge in [0.05, 0.1) is 36.7 Å². The Morgan fingerprint density at radius 1 is 1.39 bits per heavy atom. The second-order valence-corrected chi connectivity index (χ2v) is 5.99. The summed E-state index contributed by atoms with van der Waals surface area (Å²) in [7, 11) is 0. The highest BCUT2D eigenvalue weighted by molar-refractivity contribution is 6.10. The second-order valence-electron chi connectivity index (χ2n) is 5.99. The zero-order chi connectivity index (χ0) is 16.4. The molecule has 2 amide bonds. The number of nitrogens with one attached hydrogen (secondary N) is 1. The number of para-hydroxylation sites is 2. The molecular weight excluding hydrogens is 298 g/mol. The summed E-state index contributed by atoms with van der Waals surface area (Å²) in [5.41, 5.74) is 1.37. The first-order valence-corrected chi connectivity index (χ1v) is 7.74. The number of rotatable bonds is 3. The van der Waals surface area contributed by atoms with Crippen molar-refractivity contribution in [2.24, 2.45) is 0 Å². The fourth-order valence-corrected chi connectivity index (χ4v) is 3.10. The number of aliphatic hydroxyl groups is 1. The van der Waals surface area contributed by atoms with Gasteiger partial charge in [0.15, 0.2) is 0 Å². The number of nitrogens with zero attached hydrogens (tertiary/aromatic N) is 2. The Hall–Kier alpha value is -1.96. The van der Waals surface area contributed by atoms with Gasteiger partial charge in [-0.3, -0.25) is 19.4 Å². The first-order valence-electron chi connectivity index (χ1n) is 7.74. The number of anilines is 2. The number of hydrogen-bond donors (Lipinski definition) is 2. The summed E-state index contributed by atoms with van der Waals surface area (Å²) in [6.07, 6.45) is -0.311. The van der Waals surface area contributed by atoms with Gasteiger partial charge in [0.1, 0.15) is 6.54 Å². The zero-order valence-corrected chi connectivity index (χ0v) is 13.1. The summed E-state index contributed by atoms with van der Waals surface area (Å²) in [5.74, 6) is -0.321. The molecule has 3 rings (SSSR count). The van der Waals surface area contributed by atoms with E-state index in [2.05, 4.69) is 5.32 Å². The Balaban J connectivity index is 1.72. The lowest BCUT2D eigenvalue weighted by molar-refractivity contribution is -0.127. The molecule has 1 saturated heterocycles. The maximum Gasteiger partial charge on any atom is 0.244 e. The third-order valence-corrected chi connectivity index (χ3v) is 4.04. The molecule has 2 aliphatic rings. The Kier molecular flexibility index (Phi) is 4.61. The molecule has 2 aliphatic heterocycles. The summed E-state index contributed by atoms with van der Waals surface area (Å²) in [6.45, 7) is 3.22. The van der Waals surface area contributed by atoms with Crippen molar-refractivity contribution in [3.8, 4) is 0 Å². The molecule has 23 heavy (non-hydrogen) atoms. The first-order chi connectivity index (χ1) is 11.1. The maximum atomic E-state index is 12.7. The Morgan fingerprint density at radius 2 is 2.17 bits per heavy atom. The lowest BCUT2D eigenvalue weighted by Gasteiger charge is -2.37. The van der Waals surface area contributed by atoms with Crippen LogP contribution in [-0.4, -0.2) is 66.8 Å². The molecule has 0 aromatic heterocycles. The highest BCUT2D eigenvalue weighted by atomic mass is 16.5. The number of hydrogen-bond acceptors (Lipinski definition) is 5. The van der Waals surface area contributed by atoms with Gasteiger partial charge < -0.3 is 15.2 Å². The molecular formula is C16H21N3O4. The quantitative estimate of drug-likeness (QED) is 0.823. The number of morpholine rings is 1. The number of carbonyl (C=O) groups is 2. The maximum absolute atomic E-state index is 12.7. The summed E-state index contributed by atoms with van der Waals surface area (Å²) in [5, 5.41) is 12.0. The van der Waals surface area contributed by atoms with E-state index in [1.807, 2.05) is 30.0 Å². The summed E-state index contributed by atoms with van der Waals surface area (Å²) in [6, 6.07) is 7.27. The predicted octanol–water partition coefficient (Wildman–Crippen LogP) is 0.0533. The first kappa shape index (κ1) is 15.9. The molecule has 7 nitrogen and oxygen atoms in total. The van der Waals surface area contributed by atoms with Gasteiger partial charge in [-0.2, -0.15) is 0 Å². The molecule has 1 fully saturated rings. The number of carbonyl (C=O) groups excluding carboxylic acids is 2. The minimum absolute atomic E-state index is 0.0270. The SMILES string of the molecule is CC1CN(CC(=O)N2CC(=O)Nc3ccccc32)CC(CO)O1. The number of benzene rings is 1. The van der Waals surface area contributed by atoms with Crippen LogP contribution in [0.5, 0.6) is 0 Å². The van der Waals surface area contributed by atoms with E-state index in [1.165, 1.54) is 4.90 Å². The highest BCUT2D eigenvalue weighted by Gasteiger charge is 2.30. The van der Waals surface area contributed by atoms with Crippen LogP contribution in [0, 0.1) is 0 Å². The van der Waals surface area contributed by atoms with E-state index in [-0.39, 0.29) is 43.7 Å². The highest BCUT2D eigenvalue weighted by Crippen LogP contribution is 2.29. The van der Waals surface area contributed by atoms with Crippen molar-refractivity contribution in [1.29, 1.82) is 0 Å². The molecule has 2 atom stereocenters. The number of fused-ring (bicyclic) bond motifs is 1. The monoisotopic (exact) mass is 319 g/mol. The van der Waals surface area contributed by atoms with Crippen LogP contribution >= 0.6 is 0 Å². The third kappa shape index (κ3) is 3.52. The lowest BCUT2D eigenvalue weighted by Crippen LogP contribution is -2.53. The molecule has 0 spiro atoms.